The molecule has 5 heteroatoms. The molecule has 3 heterocycles. The zero-order chi connectivity index (χ0) is 18.8. The van der Waals surface area contributed by atoms with E-state index in [9.17, 15) is 0 Å². The lowest BCUT2D eigenvalue weighted by molar-refractivity contribution is 0.150. The second-order valence-electron chi connectivity index (χ2n) is 7.88. The van der Waals surface area contributed by atoms with Crippen LogP contribution in [0.2, 0.25) is 0 Å². The summed E-state index contributed by atoms with van der Waals surface area (Å²) < 4.78 is 2.43. The minimum absolute atomic E-state index is 0.490. The van der Waals surface area contributed by atoms with Crippen molar-refractivity contribution in [3.05, 3.63) is 48.4 Å². The maximum atomic E-state index is 4.41. The number of nitrogens with zero attached hydrogens (tertiary/aromatic N) is 5. The molecule has 0 spiro atoms. The molecule has 0 amide bonds. The van der Waals surface area contributed by atoms with Crippen LogP contribution in [0.15, 0.2) is 42.9 Å². The van der Waals surface area contributed by atoms with Gasteiger partial charge in [-0.1, -0.05) is 13.8 Å². The van der Waals surface area contributed by atoms with Crippen LogP contribution in [0.4, 0.5) is 0 Å². The maximum Gasteiger partial charge on any atom is 0.159 e. The van der Waals surface area contributed by atoms with Crippen molar-refractivity contribution in [3.63, 3.8) is 0 Å². The molecule has 1 aliphatic heterocycles. The number of rotatable bonds is 5. The molecule has 3 aromatic rings. The Morgan fingerprint density at radius 3 is 2.44 bits per heavy atom. The number of benzene rings is 1. The number of aromatic nitrogens is 3. The molecular formula is C22H29N5. The molecule has 142 valence electrons. The van der Waals surface area contributed by atoms with Crippen molar-refractivity contribution in [2.75, 3.05) is 39.8 Å². The normalized spacial score (nSPS) is 16.4. The molecule has 0 bridgehead atoms. The predicted octanol–water partition coefficient (Wildman–Crippen LogP) is 3.47. The topological polar surface area (TPSA) is 37.2 Å². The highest BCUT2D eigenvalue weighted by Gasteiger charge is 2.16. The SMILES string of the molecule is CC(C)c1cn(CCN2CCN(C)CC2)c2ccc(-c3ncccn3)cc12. The highest BCUT2D eigenvalue weighted by molar-refractivity contribution is 5.88. The highest BCUT2D eigenvalue weighted by Crippen LogP contribution is 2.30. The van der Waals surface area contributed by atoms with Gasteiger partial charge in [0.05, 0.1) is 0 Å². The van der Waals surface area contributed by atoms with E-state index in [0.29, 0.717) is 5.92 Å². The van der Waals surface area contributed by atoms with E-state index in [0.717, 1.165) is 24.5 Å². The summed E-state index contributed by atoms with van der Waals surface area (Å²) in [5.74, 6) is 1.28. The van der Waals surface area contributed by atoms with Crippen LogP contribution in [0.25, 0.3) is 22.3 Å². The Balaban J connectivity index is 1.61. The Morgan fingerprint density at radius 2 is 1.74 bits per heavy atom. The summed E-state index contributed by atoms with van der Waals surface area (Å²) in [6.45, 7) is 11.4. The van der Waals surface area contributed by atoms with E-state index < -0.39 is 0 Å². The lowest BCUT2D eigenvalue weighted by Crippen LogP contribution is -2.45. The van der Waals surface area contributed by atoms with Crippen LogP contribution in [0.3, 0.4) is 0 Å². The van der Waals surface area contributed by atoms with Crippen LogP contribution in [0.5, 0.6) is 0 Å². The third-order valence-corrected chi connectivity index (χ3v) is 5.61. The molecule has 0 saturated carbocycles. The molecule has 27 heavy (non-hydrogen) atoms. The van der Waals surface area contributed by atoms with Crippen LogP contribution < -0.4 is 0 Å². The van der Waals surface area contributed by atoms with Gasteiger partial charge in [-0.3, -0.25) is 4.90 Å². The average Bonchev–Trinajstić information content (AvgIpc) is 3.06. The van der Waals surface area contributed by atoms with Crippen LogP contribution in [0.1, 0.15) is 25.3 Å². The van der Waals surface area contributed by atoms with Gasteiger partial charge in [-0.05, 0) is 42.8 Å². The molecule has 1 saturated heterocycles. The Hall–Kier alpha value is -2.24. The first-order valence-electron chi connectivity index (χ1n) is 9.93. The molecule has 5 nitrogen and oxygen atoms in total. The first-order chi connectivity index (χ1) is 13.1. The quantitative estimate of drug-likeness (QED) is 0.696. The van der Waals surface area contributed by atoms with Gasteiger partial charge in [-0.2, -0.15) is 0 Å². The van der Waals surface area contributed by atoms with E-state index in [2.05, 4.69) is 69.6 Å². The van der Waals surface area contributed by atoms with Crippen LogP contribution in [0, 0.1) is 0 Å². The molecule has 0 atom stereocenters. The molecule has 0 radical (unpaired) electrons. The lowest BCUT2D eigenvalue weighted by atomic mass is 10.0. The Labute approximate surface area is 161 Å². The van der Waals surface area contributed by atoms with Crippen molar-refractivity contribution in [1.29, 1.82) is 0 Å². The first-order valence-corrected chi connectivity index (χ1v) is 9.93. The van der Waals surface area contributed by atoms with Gasteiger partial charge in [0.25, 0.3) is 0 Å². The van der Waals surface area contributed by atoms with Gasteiger partial charge in [0.15, 0.2) is 5.82 Å². The van der Waals surface area contributed by atoms with Gasteiger partial charge in [0, 0.05) is 74.3 Å². The zero-order valence-corrected chi connectivity index (χ0v) is 16.6. The monoisotopic (exact) mass is 363 g/mol. The van der Waals surface area contributed by atoms with Crippen molar-refractivity contribution in [2.45, 2.75) is 26.3 Å². The number of hydrogen-bond acceptors (Lipinski definition) is 4. The van der Waals surface area contributed by atoms with E-state index >= 15 is 0 Å². The fraction of sp³-hybridized carbons (Fsp3) is 0.455. The van der Waals surface area contributed by atoms with Crippen LogP contribution in [-0.2, 0) is 6.54 Å². The van der Waals surface area contributed by atoms with E-state index in [-0.39, 0.29) is 0 Å². The van der Waals surface area contributed by atoms with Crippen molar-refractivity contribution in [3.8, 4) is 11.4 Å². The zero-order valence-electron chi connectivity index (χ0n) is 16.6. The average molecular weight is 364 g/mol. The Morgan fingerprint density at radius 1 is 1.00 bits per heavy atom. The third kappa shape index (κ3) is 3.89. The summed E-state index contributed by atoms with van der Waals surface area (Å²) in [6.07, 6.45) is 5.95. The molecule has 2 aromatic heterocycles. The fourth-order valence-electron chi connectivity index (χ4n) is 3.88. The first kappa shape index (κ1) is 18.1. The third-order valence-electron chi connectivity index (χ3n) is 5.61. The summed E-state index contributed by atoms with van der Waals surface area (Å²) in [5.41, 5.74) is 3.80. The molecule has 0 N–H and O–H groups in total. The molecule has 1 aliphatic rings. The molecule has 1 fully saturated rings. The molecule has 0 unspecified atom stereocenters. The number of hydrogen-bond donors (Lipinski definition) is 0. The number of fused-ring (bicyclic) bond motifs is 1. The molecular weight excluding hydrogens is 334 g/mol. The molecule has 4 rings (SSSR count). The minimum atomic E-state index is 0.490. The van der Waals surface area contributed by atoms with Crippen molar-refractivity contribution in [1.82, 2.24) is 24.3 Å². The van der Waals surface area contributed by atoms with Crippen LogP contribution in [-0.4, -0.2) is 64.1 Å². The lowest BCUT2D eigenvalue weighted by Gasteiger charge is -2.32. The number of likely N-dealkylation sites (N-methyl/N-ethyl adjacent to an activating group) is 1. The fourth-order valence-corrected chi connectivity index (χ4v) is 3.88. The van der Waals surface area contributed by atoms with E-state index in [4.69, 9.17) is 0 Å². The van der Waals surface area contributed by atoms with Gasteiger partial charge in [-0.25, -0.2) is 9.97 Å². The predicted molar refractivity (Wildman–Crippen MR) is 111 cm³/mol. The highest BCUT2D eigenvalue weighted by atomic mass is 15.2. The van der Waals surface area contributed by atoms with Gasteiger partial charge >= 0.3 is 0 Å². The Kier molecular flexibility index (Phi) is 5.23. The van der Waals surface area contributed by atoms with Gasteiger partial charge < -0.3 is 9.47 Å². The van der Waals surface area contributed by atoms with Crippen molar-refractivity contribution < 1.29 is 0 Å². The van der Waals surface area contributed by atoms with Crippen molar-refractivity contribution in [2.24, 2.45) is 0 Å². The molecule has 0 aliphatic carbocycles. The summed E-state index contributed by atoms with van der Waals surface area (Å²) in [4.78, 5) is 13.8. The summed E-state index contributed by atoms with van der Waals surface area (Å²) in [6, 6.07) is 8.49. The second-order valence-corrected chi connectivity index (χ2v) is 7.88. The largest absolute Gasteiger partial charge is 0.346 e. The summed E-state index contributed by atoms with van der Waals surface area (Å²) in [7, 11) is 2.21. The Bertz CT molecular complexity index is 892. The van der Waals surface area contributed by atoms with E-state index in [1.54, 1.807) is 12.4 Å². The maximum absolute atomic E-state index is 4.41. The van der Waals surface area contributed by atoms with E-state index in [1.807, 2.05) is 6.07 Å². The molecule has 1 aromatic carbocycles. The van der Waals surface area contributed by atoms with E-state index in [1.165, 1.54) is 42.6 Å². The number of piperazine rings is 1. The summed E-state index contributed by atoms with van der Waals surface area (Å²) >= 11 is 0. The van der Waals surface area contributed by atoms with Crippen LogP contribution >= 0.6 is 0 Å². The second kappa shape index (κ2) is 7.79. The standard InChI is InChI=1S/C22H29N5/c1-17(2)20-16-27(14-13-26-11-9-25(3)10-12-26)21-6-5-18(15-19(20)21)22-23-7-4-8-24-22/h4-8,15-17H,9-14H2,1-3H3. The van der Waals surface area contributed by atoms with Gasteiger partial charge in [0.2, 0.25) is 0 Å². The summed E-state index contributed by atoms with van der Waals surface area (Å²) in [5, 5.41) is 1.33. The van der Waals surface area contributed by atoms with Crippen molar-refractivity contribution >= 4 is 10.9 Å². The smallest absolute Gasteiger partial charge is 0.159 e. The minimum Gasteiger partial charge on any atom is -0.346 e. The van der Waals surface area contributed by atoms with Gasteiger partial charge in [0.1, 0.15) is 0 Å². The van der Waals surface area contributed by atoms with Gasteiger partial charge in [-0.15, -0.1) is 0 Å².